The number of carbonyl (C=O) groups is 2. The minimum absolute atomic E-state index is 0.0380. The smallest absolute Gasteiger partial charge is 0.220 e. The van der Waals surface area contributed by atoms with Crippen LogP contribution in [0.3, 0.4) is 0 Å². The number of aryl methyl sites for hydroxylation is 1. The summed E-state index contributed by atoms with van der Waals surface area (Å²) < 4.78 is 6.27. The van der Waals surface area contributed by atoms with Gasteiger partial charge in [-0.15, -0.1) is 0 Å². The van der Waals surface area contributed by atoms with Crippen molar-refractivity contribution < 1.29 is 14.3 Å². The van der Waals surface area contributed by atoms with Crippen molar-refractivity contribution in [2.75, 3.05) is 6.54 Å². The van der Waals surface area contributed by atoms with Gasteiger partial charge in [0, 0.05) is 49.2 Å². The van der Waals surface area contributed by atoms with Gasteiger partial charge in [0.15, 0.2) is 0 Å². The van der Waals surface area contributed by atoms with Crippen molar-refractivity contribution in [1.29, 1.82) is 0 Å². The molecule has 3 aromatic rings. The van der Waals surface area contributed by atoms with Crippen LogP contribution in [0.1, 0.15) is 56.4 Å². The van der Waals surface area contributed by atoms with Gasteiger partial charge in [0.2, 0.25) is 11.8 Å². The second-order valence-electron chi connectivity index (χ2n) is 8.72. The van der Waals surface area contributed by atoms with E-state index in [-0.39, 0.29) is 30.1 Å². The van der Waals surface area contributed by atoms with Crippen LogP contribution in [0.5, 0.6) is 0 Å². The van der Waals surface area contributed by atoms with Gasteiger partial charge < -0.3 is 20.4 Å². The number of para-hydroxylation sites is 1. The van der Waals surface area contributed by atoms with Gasteiger partial charge in [-0.3, -0.25) is 14.6 Å². The molecule has 0 spiro atoms. The Morgan fingerprint density at radius 3 is 2.82 bits per heavy atom. The summed E-state index contributed by atoms with van der Waals surface area (Å²) >= 11 is 0. The fourth-order valence-electron chi connectivity index (χ4n) is 4.60. The van der Waals surface area contributed by atoms with Gasteiger partial charge in [0.05, 0.1) is 11.8 Å². The summed E-state index contributed by atoms with van der Waals surface area (Å²) in [5, 5.41) is 7.28. The second kappa shape index (κ2) is 11.1. The van der Waals surface area contributed by atoms with Crippen molar-refractivity contribution in [3.05, 3.63) is 66.1 Å². The number of aromatic nitrogens is 2. The maximum absolute atomic E-state index is 12.3. The van der Waals surface area contributed by atoms with Crippen LogP contribution < -0.4 is 10.6 Å². The van der Waals surface area contributed by atoms with Crippen LogP contribution in [-0.2, 0) is 20.7 Å². The Balaban J connectivity index is 1.22. The first kappa shape index (κ1) is 23.0. The fraction of sp³-hybridized carbons (Fsp3) is 0.423. The van der Waals surface area contributed by atoms with E-state index in [1.165, 1.54) is 17.9 Å². The molecule has 7 heteroatoms. The van der Waals surface area contributed by atoms with Gasteiger partial charge >= 0.3 is 0 Å². The SMILES string of the molecule is CC(=O)N[C@H]1C[C@@H](CCNC(=O)CCCc2c[nH]c3ccccc23)O[C@@H](c2ccccn2)C1. The molecule has 0 aliphatic carbocycles. The number of benzene rings is 1. The van der Waals surface area contributed by atoms with E-state index in [2.05, 4.69) is 32.7 Å². The van der Waals surface area contributed by atoms with Crippen molar-refractivity contribution in [2.45, 2.75) is 63.7 Å². The molecule has 1 aromatic carbocycles. The van der Waals surface area contributed by atoms with E-state index in [1.807, 2.05) is 36.5 Å². The molecule has 2 aromatic heterocycles. The van der Waals surface area contributed by atoms with Crippen LogP contribution in [-0.4, -0.2) is 40.5 Å². The molecular weight excluding hydrogens is 416 g/mol. The Kier molecular flexibility index (Phi) is 7.73. The van der Waals surface area contributed by atoms with Crippen LogP contribution in [0.25, 0.3) is 10.9 Å². The van der Waals surface area contributed by atoms with E-state index in [0.29, 0.717) is 25.8 Å². The molecule has 1 fully saturated rings. The molecule has 1 aliphatic rings. The number of carbonyl (C=O) groups excluding carboxylic acids is 2. The number of H-pyrrole nitrogens is 1. The molecule has 0 unspecified atom stereocenters. The topological polar surface area (TPSA) is 96.1 Å². The van der Waals surface area contributed by atoms with Crippen LogP contribution in [0.2, 0.25) is 0 Å². The monoisotopic (exact) mass is 448 g/mol. The van der Waals surface area contributed by atoms with Crippen LogP contribution in [0.15, 0.2) is 54.9 Å². The van der Waals surface area contributed by atoms with E-state index in [9.17, 15) is 9.59 Å². The van der Waals surface area contributed by atoms with Gasteiger partial charge in [0.1, 0.15) is 6.10 Å². The van der Waals surface area contributed by atoms with Crippen molar-refractivity contribution >= 4 is 22.7 Å². The predicted molar refractivity (Wildman–Crippen MR) is 128 cm³/mol. The quantitative estimate of drug-likeness (QED) is 0.464. The number of fused-ring (bicyclic) bond motifs is 1. The summed E-state index contributed by atoms with van der Waals surface area (Å²) in [4.78, 5) is 31.6. The number of pyridine rings is 1. The zero-order valence-electron chi connectivity index (χ0n) is 19.0. The summed E-state index contributed by atoms with van der Waals surface area (Å²) in [6, 6.07) is 14.0. The second-order valence-corrected chi connectivity index (χ2v) is 8.72. The predicted octanol–water partition coefficient (Wildman–Crippen LogP) is 3.82. The molecule has 1 saturated heterocycles. The Bertz CT molecular complexity index is 1070. The molecule has 0 bridgehead atoms. The summed E-state index contributed by atoms with van der Waals surface area (Å²) in [6.45, 7) is 2.09. The molecule has 2 amide bonds. The van der Waals surface area contributed by atoms with E-state index >= 15 is 0 Å². The minimum atomic E-state index is -0.159. The van der Waals surface area contributed by atoms with Crippen molar-refractivity contribution in [3.63, 3.8) is 0 Å². The molecule has 3 atom stereocenters. The maximum Gasteiger partial charge on any atom is 0.220 e. The Morgan fingerprint density at radius 1 is 1.15 bits per heavy atom. The number of ether oxygens (including phenoxy) is 1. The third-order valence-electron chi connectivity index (χ3n) is 6.14. The molecule has 33 heavy (non-hydrogen) atoms. The van der Waals surface area contributed by atoms with Gasteiger partial charge in [-0.1, -0.05) is 24.3 Å². The third kappa shape index (κ3) is 6.42. The van der Waals surface area contributed by atoms with E-state index in [4.69, 9.17) is 4.74 Å². The molecular formula is C26H32N4O3. The number of rotatable bonds is 9. The highest BCUT2D eigenvalue weighted by Gasteiger charge is 2.31. The highest BCUT2D eigenvalue weighted by atomic mass is 16.5. The summed E-state index contributed by atoms with van der Waals surface area (Å²) in [7, 11) is 0. The van der Waals surface area contributed by atoms with E-state index < -0.39 is 0 Å². The molecule has 174 valence electrons. The van der Waals surface area contributed by atoms with Crippen molar-refractivity contribution in [1.82, 2.24) is 20.6 Å². The van der Waals surface area contributed by atoms with Crippen LogP contribution in [0, 0.1) is 0 Å². The first-order chi connectivity index (χ1) is 16.1. The van der Waals surface area contributed by atoms with Crippen molar-refractivity contribution in [3.8, 4) is 0 Å². The lowest BCUT2D eigenvalue weighted by molar-refractivity contribution is -0.122. The standard InChI is InChI=1S/C26H32N4O3/c1-18(31)30-20-15-21(33-25(16-20)24-10-4-5-13-27-24)12-14-28-26(32)11-6-7-19-17-29-23-9-3-2-8-22(19)23/h2-5,8-10,13,17,20-21,25,29H,6-7,11-12,14-16H2,1H3,(H,28,32)(H,30,31)/t20-,21+,25+/m0/s1. The Labute approximate surface area is 194 Å². The Hall–Kier alpha value is -3.19. The number of aromatic amines is 1. The van der Waals surface area contributed by atoms with Gasteiger partial charge in [0.25, 0.3) is 0 Å². The average molecular weight is 449 g/mol. The zero-order chi connectivity index (χ0) is 23.0. The van der Waals surface area contributed by atoms with Gasteiger partial charge in [-0.05, 0) is 55.9 Å². The molecule has 1 aliphatic heterocycles. The van der Waals surface area contributed by atoms with Crippen LogP contribution >= 0.6 is 0 Å². The molecule has 0 saturated carbocycles. The molecule has 3 N–H and O–H groups in total. The van der Waals surface area contributed by atoms with Crippen molar-refractivity contribution in [2.24, 2.45) is 0 Å². The largest absolute Gasteiger partial charge is 0.368 e. The van der Waals surface area contributed by atoms with Gasteiger partial charge in [-0.2, -0.15) is 0 Å². The highest BCUT2D eigenvalue weighted by Crippen LogP contribution is 2.31. The fourth-order valence-corrected chi connectivity index (χ4v) is 4.60. The Morgan fingerprint density at radius 2 is 2.00 bits per heavy atom. The summed E-state index contributed by atoms with van der Waals surface area (Å²) in [6.07, 6.45) is 7.89. The lowest BCUT2D eigenvalue weighted by Gasteiger charge is -2.35. The minimum Gasteiger partial charge on any atom is -0.368 e. The normalized spacial score (nSPS) is 20.5. The maximum atomic E-state index is 12.3. The first-order valence-electron chi connectivity index (χ1n) is 11.7. The summed E-state index contributed by atoms with van der Waals surface area (Å²) in [5.41, 5.74) is 3.25. The van der Waals surface area contributed by atoms with Gasteiger partial charge in [-0.25, -0.2) is 0 Å². The number of nitrogens with one attached hydrogen (secondary N) is 3. The molecule has 3 heterocycles. The highest BCUT2D eigenvalue weighted by molar-refractivity contribution is 5.83. The van der Waals surface area contributed by atoms with E-state index in [1.54, 1.807) is 6.20 Å². The number of amides is 2. The number of nitrogens with zero attached hydrogens (tertiary/aromatic N) is 1. The number of hydrogen-bond donors (Lipinski definition) is 3. The third-order valence-corrected chi connectivity index (χ3v) is 6.14. The zero-order valence-corrected chi connectivity index (χ0v) is 19.0. The summed E-state index contributed by atoms with van der Waals surface area (Å²) in [5.74, 6) is 0.0225. The van der Waals surface area contributed by atoms with E-state index in [0.717, 1.165) is 30.5 Å². The average Bonchev–Trinajstić information content (AvgIpc) is 3.22. The van der Waals surface area contributed by atoms with Crippen LogP contribution in [0.4, 0.5) is 0 Å². The molecule has 4 rings (SSSR count). The number of hydrogen-bond acceptors (Lipinski definition) is 4. The molecule has 0 radical (unpaired) electrons. The lowest BCUT2D eigenvalue weighted by atomic mass is 9.94. The lowest BCUT2D eigenvalue weighted by Crippen LogP contribution is -2.43. The first-order valence-corrected chi connectivity index (χ1v) is 11.7. The molecule has 7 nitrogen and oxygen atoms in total.